The predicted molar refractivity (Wildman–Crippen MR) is 132 cm³/mol. The Kier molecular flexibility index (Phi) is 11.4. The van der Waals surface area contributed by atoms with Gasteiger partial charge in [0.25, 0.3) is 0 Å². The summed E-state index contributed by atoms with van der Waals surface area (Å²) in [6.45, 7) is 8.34. The minimum Gasteiger partial charge on any atom is -0.461 e. The number of ether oxygens (including phenoxy) is 4. The van der Waals surface area contributed by atoms with Crippen molar-refractivity contribution >= 4 is 23.9 Å². The lowest BCUT2D eigenvalue weighted by Crippen LogP contribution is -2.36. The number of hydrogen-bond acceptors (Lipinski definition) is 9. The number of benzene rings is 1. The Bertz CT molecular complexity index is 920. The third kappa shape index (κ3) is 9.26. The fraction of sp³-hybridized carbons (Fsp3) is 0.630. The van der Waals surface area contributed by atoms with Gasteiger partial charge >= 0.3 is 23.9 Å². The van der Waals surface area contributed by atoms with Crippen molar-refractivity contribution < 1.29 is 38.1 Å². The molecule has 0 unspecified atom stereocenters. The molecule has 2 atom stereocenters. The Morgan fingerprint density at radius 1 is 0.861 bits per heavy atom. The Balaban J connectivity index is 1.96. The number of rotatable bonds is 11. The van der Waals surface area contributed by atoms with Gasteiger partial charge in [-0.3, -0.25) is 19.2 Å². The molecule has 1 aromatic rings. The summed E-state index contributed by atoms with van der Waals surface area (Å²) >= 11 is 0. The molecular weight excluding hydrogens is 466 g/mol. The highest BCUT2D eigenvalue weighted by Gasteiger charge is 2.25. The fourth-order valence-corrected chi connectivity index (χ4v) is 3.61. The Morgan fingerprint density at radius 3 is 2.03 bits per heavy atom. The van der Waals surface area contributed by atoms with E-state index in [1.165, 1.54) is 12.1 Å². The Hall–Kier alpha value is -2.94. The molecule has 2 N–H and O–H groups in total. The summed E-state index contributed by atoms with van der Waals surface area (Å²) < 4.78 is 21.5. The first-order valence-electron chi connectivity index (χ1n) is 12.7. The van der Waals surface area contributed by atoms with Crippen molar-refractivity contribution in [3.63, 3.8) is 0 Å². The molecule has 2 rings (SSSR count). The summed E-state index contributed by atoms with van der Waals surface area (Å²) in [7, 11) is 0. The molecule has 0 radical (unpaired) electrons. The van der Waals surface area contributed by atoms with Gasteiger partial charge in [0.05, 0.1) is 17.8 Å². The number of esters is 4. The second kappa shape index (κ2) is 14.0. The molecule has 36 heavy (non-hydrogen) atoms. The van der Waals surface area contributed by atoms with Gasteiger partial charge in [0.1, 0.15) is 18.8 Å². The Morgan fingerprint density at radius 2 is 1.44 bits per heavy atom. The van der Waals surface area contributed by atoms with Crippen LogP contribution in [0.3, 0.4) is 0 Å². The highest BCUT2D eigenvalue weighted by atomic mass is 16.6. The number of hydrogen-bond donors (Lipinski definition) is 1. The third-order valence-electron chi connectivity index (χ3n) is 5.85. The van der Waals surface area contributed by atoms with E-state index in [0.717, 1.165) is 32.1 Å². The molecule has 1 aromatic carbocycles. The number of carbonyl (C=O) groups is 4. The first-order valence-corrected chi connectivity index (χ1v) is 12.7. The van der Waals surface area contributed by atoms with E-state index in [-0.39, 0.29) is 42.3 Å². The van der Waals surface area contributed by atoms with Gasteiger partial charge < -0.3 is 24.7 Å². The summed E-state index contributed by atoms with van der Waals surface area (Å²) in [6.07, 6.45) is 4.38. The molecule has 0 spiro atoms. The van der Waals surface area contributed by atoms with Gasteiger partial charge in [-0.2, -0.15) is 0 Å². The lowest BCUT2D eigenvalue weighted by atomic mass is 9.89. The molecule has 9 nitrogen and oxygen atoms in total. The van der Waals surface area contributed by atoms with E-state index >= 15 is 0 Å². The van der Waals surface area contributed by atoms with Crippen molar-refractivity contribution in [2.75, 3.05) is 6.61 Å². The molecular formula is C27H39NO8. The zero-order valence-corrected chi connectivity index (χ0v) is 21.9. The van der Waals surface area contributed by atoms with Gasteiger partial charge in [-0.1, -0.05) is 53.0 Å². The van der Waals surface area contributed by atoms with E-state index in [0.29, 0.717) is 5.56 Å². The molecule has 1 aliphatic carbocycles. The van der Waals surface area contributed by atoms with E-state index in [4.69, 9.17) is 24.7 Å². The van der Waals surface area contributed by atoms with E-state index in [2.05, 4.69) is 0 Å². The van der Waals surface area contributed by atoms with Crippen LogP contribution in [0.1, 0.15) is 72.3 Å². The fourth-order valence-electron chi connectivity index (χ4n) is 3.61. The van der Waals surface area contributed by atoms with Crippen LogP contribution in [0.15, 0.2) is 18.2 Å². The highest BCUT2D eigenvalue weighted by Crippen LogP contribution is 2.30. The topological polar surface area (TPSA) is 131 Å². The van der Waals surface area contributed by atoms with Gasteiger partial charge in [0.2, 0.25) is 0 Å². The molecule has 0 aliphatic heterocycles. The minimum absolute atomic E-state index is 0.0732. The zero-order chi connectivity index (χ0) is 26.8. The maximum atomic E-state index is 12.4. The summed E-state index contributed by atoms with van der Waals surface area (Å²) in [6, 6.07) is 3.66. The van der Waals surface area contributed by atoms with E-state index < -0.39 is 36.0 Å². The van der Waals surface area contributed by atoms with Gasteiger partial charge in [-0.05, 0) is 43.9 Å². The molecule has 1 fully saturated rings. The van der Waals surface area contributed by atoms with E-state index in [9.17, 15) is 19.2 Å². The predicted octanol–water partition coefficient (Wildman–Crippen LogP) is 3.73. The average molecular weight is 506 g/mol. The third-order valence-corrected chi connectivity index (χ3v) is 5.85. The van der Waals surface area contributed by atoms with E-state index in [1.54, 1.807) is 40.7 Å². The summed E-state index contributed by atoms with van der Waals surface area (Å²) in [5.74, 6) is -2.52. The van der Waals surface area contributed by atoms with Gasteiger partial charge in [0, 0.05) is 0 Å². The molecule has 0 amide bonds. The molecule has 0 saturated heterocycles. The van der Waals surface area contributed by atoms with Crippen LogP contribution in [0.25, 0.3) is 0 Å². The maximum absolute atomic E-state index is 12.4. The molecule has 0 heterocycles. The highest BCUT2D eigenvalue weighted by molar-refractivity contribution is 5.78. The second-order valence-electron chi connectivity index (χ2n) is 9.96. The molecule has 0 bridgehead atoms. The van der Waals surface area contributed by atoms with Crippen LogP contribution in [-0.4, -0.2) is 42.6 Å². The standard InChI is InChI=1S/C27H39NO8/c1-16(2)24(29)35-22-12-11-19(14-23(22)36-25(30)17(3)4)13-21(28)27(32)33-15-18(5)34-26(31)20-9-7-6-8-10-20/h11-12,14,16-18,20-21H,6-10,13,15,28H2,1-5H3/t18-,21-/m0/s1. The minimum atomic E-state index is -0.996. The summed E-state index contributed by atoms with van der Waals surface area (Å²) in [4.78, 5) is 48.9. The molecule has 1 aliphatic rings. The number of nitrogens with two attached hydrogens (primary N) is 1. The number of carbonyl (C=O) groups excluding carboxylic acids is 4. The SMILES string of the molecule is CC(C)C(=O)Oc1ccc(C[C@H](N)C(=O)OC[C@H](C)OC(=O)C2CCCCC2)cc1OC(=O)C(C)C. The van der Waals surface area contributed by atoms with E-state index in [1.807, 2.05) is 0 Å². The van der Waals surface area contributed by atoms with Crippen molar-refractivity contribution in [3.8, 4) is 11.5 Å². The lowest BCUT2D eigenvalue weighted by molar-refractivity contribution is -0.162. The maximum Gasteiger partial charge on any atom is 0.323 e. The quantitative estimate of drug-likeness (QED) is 0.353. The molecule has 9 heteroatoms. The molecule has 0 aromatic heterocycles. The smallest absolute Gasteiger partial charge is 0.323 e. The second-order valence-corrected chi connectivity index (χ2v) is 9.96. The van der Waals surface area contributed by atoms with Crippen LogP contribution in [0.4, 0.5) is 0 Å². The van der Waals surface area contributed by atoms with Crippen LogP contribution < -0.4 is 15.2 Å². The van der Waals surface area contributed by atoms with Crippen molar-refractivity contribution in [2.24, 2.45) is 23.5 Å². The molecule has 200 valence electrons. The van der Waals surface area contributed by atoms with Crippen molar-refractivity contribution in [1.29, 1.82) is 0 Å². The van der Waals surface area contributed by atoms with Crippen LogP contribution in [0, 0.1) is 17.8 Å². The van der Waals surface area contributed by atoms with Crippen LogP contribution >= 0.6 is 0 Å². The van der Waals surface area contributed by atoms with Crippen molar-refractivity contribution in [2.45, 2.75) is 85.3 Å². The zero-order valence-electron chi connectivity index (χ0n) is 21.9. The first kappa shape index (κ1) is 29.3. The van der Waals surface area contributed by atoms with Crippen LogP contribution in [0.2, 0.25) is 0 Å². The van der Waals surface area contributed by atoms with Gasteiger partial charge in [-0.25, -0.2) is 0 Å². The normalized spacial score (nSPS) is 15.8. The monoisotopic (exact) mass is 505 g/mol. The van der Waals surface area contributed by atoms with Gasteiger partial charge in [0.15, 0.2) is 11.5 Å². The Labute approximate surface area is 213 Å². The van der Waals surface area contributed by atoms with Crippen LogP contribution in [-0.2, 0) is 35.1 Å². The summed E-state index contributed by atoms with van der Waals surface area (Å²) in [5.41, 5.74) is 6.63. The molecule has 1 saturated carbocycles. The van der Waals surface area contributed by atoms with Crippen LogP contribution in [0.5, 0.6) is 11.5 Å². The van der Waals surface area contributed by atoms with Crippen molar-refractivity contribution in [3.05, 3.63) is 23.8 Å². The first-order chi connectivity index (χ1) is 17.0. The van der Waals surface area contributed by atoms with Gasteiger partial charge in [-0.15, -0.1) is 0 Å². The average Bonchev–Trinajstić information content (AvgIpc) is 2.84. The largest absolute Gasteiger partial charge is 0.461 e. The lowest BCUT2D eigenvalue weighted by Gasteiger charge is -2.22. The summed E-state index contributed by atoms with van der Waals surface area (Å²) in [5, 5.41) is 0. The van der Waals surface area contributed by atoms with Crippen molar-refractivity contribution in [1.82, 2.24) is 0 Å².